The van der Waals surface area contributed by atoms with Gasteiger partial charge in [0.2, 0.25) is 0 Å². The van der Waals surface area contributed by atoms with Gasteiger partial charge in [-0.05, 0) is 12.1 Å². The van der Waals surface area contributed by atoms with E-state index in [1.807, 2.05) is 30.3 Å². The molecule has 1 aromatic carbocycles. The average molecular weight is 259 g/mol. The van der Waals surface area contributed by atoms with Crippen LogP contribution in [0.4, 0.5) is 0 Å². The summed E-state index contributed by atoms with van der Waals surface area (Å²) >= 11 is 0. The molecule has 3 N–H and O–H groups in total. The van der Waals surface area contributed by atoms with Crippen molar-refractivity contribution in [2.45, 2.75) is 18.1 Å². The predicted octanol–water partition coefficient (Wildman–Crippen LogP) is 0.905. The number of nitrogens with one attached hydrogen (secondary N) is 2. The van der Waals surface area contributed by atoms with Crippen molar-refractivity contribution in [2.75, 3.05) is 13.1 Å². The van der Waals surface area contributed by atoms with Crippen LogP contribution in [0.2, 0.25) is 0 Å². The minimum atomic E-state index is -0.483. The van der Waals surface area contributed by atoms with E-state index < -0.39 is 6.10 Å². The van der Waals surface area contributed by atoms with Gasteiger partial charge in [-0.3, -0.25) is 0 Å². The summed E-state index contributed by atoms with van der Waals surface area (Å²) < 4.78 is 5.99. The Morgan fingerprint density at radius 2 is 2.05 bits per heavy atom. The highest BCUT2D eigenvalue weighted by atomic mass is 16.5. The van der Waals surface area contributed by atoms with Gasteiger partial charge in [0, 0.05) is 25.0 Å². The largest absolute Gasteiger partial charge is 0.488 e. The molecule has 2 aromatic rings. The molecule has 3 rings (SSSR count). The normalized spacial score (nSPS) is 27.1. The third-order valence-corrected chi connectivity index (χ3v) is 3.42. The van der Waals surface area contributed by atoms with E-state index in [1.165, 1.54) is 0 Å². The molecule has 0 amide bonds. The van der Waals surface area contributed by atoms with Gasteiger partial charge in [-0.2, -0.15) is 0 Å². The molecule has 1 fully saturated rings. The molecule has 5 nitrogen and oxygen atoms in total. The number of ether oxygens (including phenoxy) is 1. The Kier molecular flexibility index (Phi) is 3.48. The Bertz CT molecular complexity index is 501. The van der Waals surface area contributed by atoms with Gasteiger partial charge in [0.15, 0.2) is 0 Å². The Hall–Kier alpha value is -1.85. The van der Waals surface area contributed by atoms with Gasteiger partial charge in [-0.1, -0.05) is 18.2 Å². The van der Waals surface area contributed by atoms with Gasteiger partial charge in [0.05, 0.1) is 18.3 Å². The Morgan fingerprint density at radius 1 is 1.21 bits per heavy atom. The zero-order valence-corrected chi connectivity index (χ0v) is 10.5. The first-order valence-electron chi connectivity index (χ1n) is 6.43. The molecule has 0 aliphatic carbocycles. The topological polar surface area (TPSA) is 70.2 Å². The van der Waals surface area contributed by atoms with Gasteiger partial charge in [-0.25, -0.2) is 4.98 Å². The summed E-state index contributed by atoms with van der Waals surface area (Å²) in [5.74, 6) is 0.719. The number of H-pyrrole nitrogens is 1. The van der Waals surface area contributed by atoms with Crippen molar-refractivity contribution in [2.24, 2.45) is 0 Å². The number of aromatic nitrogens is 2. The lowest BCUT2D eigenvalue weighted by Crippen LogP contribution is -2.51. The minimum absolute atomic E-state index is 0.0936. The fraction of sp³-hybridized carbons (Fsp3) is 0.357. The maximum absolute atomic E-state index is 10.2. The summed E-state index contributed by atoms with van der Waals surface area (Å²) in [4.78, 5) is 7.10. The molecule has 0 spiro atoms. The van der Waals surface area contributed by atoms with Gasteiger partial charge >= 0.3 is 0 Å². The molecule has 1 aromatic heterocycles. The molecule has 100 valence electrons. The van der Waals surface area contributed by atoms with Crippen molar-refractivity contribution in [3.63, 3.8) is 0 Å². The van der Waals surface area contributed by atoms with E-state index in [0.717, 1.165) is 11.4 Å². The lowest BCUT2D eigenvalue weighted by molar-refractivity contribution is 0.0378. The maximum atomic E-state index is 10.2. The fourth-order valence-electron chi connectivity index (χ4n) is 2.52. The molecule has 5 heteroatoms. The number of hydrogen-bond acceptors (Lipinski definition) is 4. The molecule has 0 bridgehead atoms. The number of para-hydroxylation sites is 1. The number of aromatic amines is 1. The Morgan fingerprint density at radius 3 is 2.79 bits per heavy atom. The van der Waals surface area contributed by atoms with E-state index in [-0.39, 0.29) is 12.0 Å². The Balaban J connectivity index is 1.81. The van der Waals surface area contributed by atoms with E-state index >= 15 is 0 Å². The second-order valence-corrected chi connectivity index (χ2v) is 4.73. The first kappa shape index (κ1) is 12.2. The second-order valence-electron chi connectivity index (χ2n) is 4.73. The van der Waals surface area contributed by atoms with Crippen LogP contribution in [-0.4, -0.2) is 40.4 Å². The molecule has 1 aliphatic rings. The fourth-order valence-corrected chi connectivity index (χ4v) is 2.52. The lowest BCUT2D eigenvalue weighted by atomic mass is 9.89. The number of aliphatic hydroxyl groups is 1. The average Bonchev–Trinajstić information content (AvgIpc) is 2.94. The molecular formula is C14H17N3O2. The summed E-state index contributed by atoms with van der Waals surface area (Å²) in [7, 11) is 0. The number of rotatable bonds is 3. The summed E-state index contributed by atoms with van der Waals surface area (Å²) in [5, 5.41) is 13.4. The maximum Gasteiger partial charge on any atom is 0.122 e. The highest BCUT2D eigenvalue weighted by Gasteiger charge is 2.35. The van der Waals surface area contributed by atoms with Crippen LogP contribution in [0.5, 0.6) is 5.75 Å². The molecule has 0 radical (unpaired) electrons. The van der Waals surface area contributed by atoms with Crippen LogP contribution >= 0.6 is 0 Å². The van der Waals surface area contributed by atoms with Crippen LogP contribution in [0.3, 0.4) is 0 Å². The zero-order valence-electron chi connectivity index (χ0n) is 10.5. The first-order chi connectivity index (χ1) is 9.34. The van der Waals surface area contributed by atoms with Crippen LogP contribution in [0, 0.1) is 0 Å². The van der Waals surface area contributed by atoms with Crippen molar-refractivity contribution in [3.05, 3.63) is 48.5 Å². The molecule has 0 saturated carbocycles. The van der Waals surface area contributed by atoms with Crippen molar-refractivity contribution in [3.8, 4) is 5.75 Å². The molecule has 3 atom stereocenters. The smallest absolute Gasteiger partial charge is 0.122 e. The number of piperidine rings is 1. The van der Waals surface area contributed by atoms with Gasteiger partial charge < -0.3 is 20.1 Å². The summed E-state index contributed by atoms with van der Waals surface area (Å²) in [6.45, 7) is 1.27. The molecule has 1 aliphatic heterocycles. The zero-order chi connectivity index (χ0) is 13.1. The number of nitrogens with zero attached hydrogens (tertiary/aromatic N) is 1. The SMILES string of the molecule is O[C@@H]1CNC[C@@H](Oc2ccccc2)[C@H]1c1cnc[nH]1. The van der Waals surface area contributed by atoms with Gasteiger partial charge in [-0.15, -0.1) is 0 Å². The third kappa shape index (κ3) is 2.62. The highest BCUT2D eigenvalue weighted by molar-refractivity contribution is 5.23. The van der Waals surface area contributed by atoms with Crippen molar-refractivity contribution in [1.82, 2.24) is 15.3 Å². The molecule has 2 heterocycles. The second kappa shape index (κ2) is 5.42. The predicted molar refractivity (Wildman–Crippen MR) is 71.1 cm³/mol. The standard InChI is InChI=1S/C14H17N3O2/c18-12-7-15-8-13(14(12)11-6-16-9-17-11)19-10-4-2-1-3-5-10/h1-6,9,12-15,18H,7-8H2,(H,16,17)/t12-,13-,14+/m1/s1. The number of imidazole rings is 1. The van der Waals surface area contributed by atoms with E-state index in [1.54, 1.807) is 12.5 Å². The number of aliphatic hydroxyl groups excluding tert-OH is 1. The number of β-amino-alcohol motifs (C(OH)–C–C–N with tert-alkyl or cyclic N) is 1. The van der Waals surface area contributed by atoms with Crippen LogP contribution < -0.4 is 10.1 Å². The summed E-state index contributed by atoms with van der Waals surface area (Å²) in [6.07, 6.45) is 2.78. The Labute approximate surface area is 111 Å². The van der Waals surface area contributed by atoms with E-state index in [4.69, 9.17) is 4.74 Å². The minimum Gasteiger partial charge on any atom is -0.488 e. The van der Waals surface area contributed by atoms with E-state index in [2.05, 4.69) is 15.3 Å². The van der Waals surface area contributed by atoms with Gasteiger partial charge in [0.25, 0.3) is 0 Å². The van der Waals surface area contributed by atoms with Crippen LogP contribution in [-0.2, 0) is 0 Å². The summed E-state index contributed by atoms with van der Waals surface area (Å²) in [6, 6.07) is 9.67. The highest BCUT2D eigenvalue weighted by Crippen LogP contribution is 2.27. The monoisotopic (exact) mass is 259 g/mol. The quantitative estimate of drug-likeness (QED) is 0.766. The van der Waals surface area contributed by atoms with Crippen molar-refractivity contribution in [1.29, 1.82) is 0 Å². The molecular weight excluding hydrogens is 242 g/mol. The lowest BCUT2D eigenvalue weighted by Gasteiger charge is -2.35. The van der Waals surface area contributed by atoms with Crippen LogP contribution in [0.25, 0.3) is 0 Å². The van der Waals surface area contributed by atoms with Crippen LogP contribution in [0.15, 0.2) is 42.9 Å². The molecule has 0 unspecified atom stereocenters. The number of benzene rings is 1. The van der Waals surface area contributed by atoms with Crippen molar-refractivity contribution >= 4 is 0 Å². The van der Waals surface area contributed by atoms with Gasteiger partial charge in [0.1, 0.15) is 11.9 Å². The molecule has 1 saturated heterocycles. The van der Waals surface area contributed by atoms with Crippen molar-refractivity contribution < 1.29 is 9.84 Å². The summed E-state index contributed by atoms with van der Waals surface area (Å²) in [5.41, 5.74) is 0.912. The van der Waals surface area contributed by atoms with E-state index in [9.17, 15) is 5.11 Å². The number of hydrogen-bond donors (Lipinski definition) is 3. The molecule has 19 heavy (non-hydrogen) atoms. The first-order valence-corrected chi connectivity index (χ1v) is 6.43. The third-order valence-electron chi connectivity index (χ3n) is 3.42. The van der Waals surface area contributed by atoms with Crippen LogP contribution in [0.1, 0.15) is 11.6 Å². The van der Waals surface area contributed by atoms with E-state index in [0.29, 0.717) is 13.1 Å².